The number of hydrogen-bond donors (Lipinski definition) is 1. The highest BCUT2D eigenvalue weighted by molar-refractivity contribution is 5.93. The minimum Gasteiger partial charge on any atom is -0.492 e. The zero-order chi connectivity index (χ0) is 17.6. The molecule has 0 aliphatic carbocycles. The summed E-state index contributed by atoms with van der Waals surface area (Å²) in [5.41, 5.74) is 8.35. The SMILES string of the molecule is CCCCN(Cc1ccccc1)[C@@H]1COc2ccc(C(N)=O)cc2C1. The van der Waals surface area contributed by atoms with E-state index in [0.29, 0.717) is 18.2 Å². The normalized spacial score (nSPS) is 16.3. The topological polar surface area (TPSA) is 55.6 Å². The fourth-order valence-corrected chi connectivity index (χ4v) is 3.34. The predicted molar refractivity (Wildman–Crippen MR) is 99.7 cm³/mol. The molecule has 4 nitrogen and oxygen atoms in total. The number of amides is 1. The lowest BCUT2D eigenvalue weighted by Gasteiger charge is -2.35. The number of ether oxygens (including phenoxy) is 1. The van der Waals surface area contributed by atoms with Crippen LogP contribution in [0.1, 0.15) is 41.3 Å². The number of hydrogen-bond acceptors (Lipinski definition) is 3. The number of unbranched alkanes of at least 4 members (excludes halogenated alkanes) is 1. The minimum absolute atomic E-state index is 0.308. The molecule has 0 saturated carbocycles. The van der Waals surface area contributed by atoms with Crippen molar-refractivity contribution in [1.29, 1.82) is 0 Å². The van der Waals surface area contributed by atoms with Crippen molar-refractivity contribution in [3.8, 4) is 5.75 Å². The lowest BCUT2D eigenvalue weighted by Crippen LogP contribution is -2.43. The highest BCUT2D eigenvalue weighted by Gasteiger charge is 2.26. The van der Waals surface area contributed by atoms with Gasteiger partial charge in [-0.2, -0.15) is 0 Å². The van der Waals surface area contributed by atoms with Crippen LogP contribution in [0, 0.1) is 0 Å². The molecular weight excluding hydrogens is 312 g/mol. The molecule has 0 saturated heterocycles. The molecule has 3 rings (SSSR count). The lowest BCUT2D eigenvalue weighted by molar-refractivity contribution is 0.0998. The van der Waals surface area contributed by atoms with Gasteiger partial charge in [0.15, 0.2) is 0 Å². The molecule has 25 heavy (non-hydrogen) atoms. The van der Waals surface area contributed by atoms with Gasteiger partial charge in [0.2, 0.25) is 5.91 Å². The van der Waals surface area contributed by atoms with Crippen molar-refractivity contribution in [2.75, 3.05) is 13.2 Å². The van der Waals surface area contributed by atoms with Crippen molar-refractivity contribution in [1.82, 2.24) is 4.90 Å². The van der Waals surface area contributed by atoms with Crippen molar-refractivity contribution >= 4 is 5.91 Å². The number of benzene rings is 2. The summed E-state index contributed by atoms with van der Waals surface area (Å²) in [5, 5.41) is 0. The maximum absolute atomic E-state index is 11.5. The first-order valence-corrected chi connectivity index (χ1v) is 9.01. The van der Waals surface area contributed by atoms with E-state index in [-0.39, 0.29) is 0 Å². The van der Waals surface area contributed by atoms with Gasteiger partial charge in [-0.3, -0.25) is 9.69 Å². The Hall–Kier alpha value is -2.33. The number of carbonyl (C=O) groups is 1. The maximum Gasteiger partial charge on any atom is 0.248 e. The summed E-state index contributed by atoms with van der Waals surface area (Å²) in [6.45, 7) is 4.86. The monoisotopic (exact) mass is 338 g/mol. The number of nitrogens with zero attached hydrogens (tertiary/aromatic N) is 1. The highest BCUT2D eigenvalue weighted by Crippen LogP contribution is 2.28. The molecule has 0 spiro atoms. The van der Waals surface area contributed by atoms with Crippen molar-refractivity contribution < 1.29 is 9.53 Å². The molecule has 132 valence electrons. The Balaban J connectivity index is 1.77. The van der Waals surface area contributed by atoms with Crippen molar-refractivity contribution in [3.63, 3.8) is 0 Å². The number of fused-ring (bicyclic) bond motifs is 1. The van der Waals surface area contributed by atoms with Gasteiger partial charge in [-0.1, -0.05) is 43.7 Å². The Bertz CT molecular complexity index is 715. The number of nitrogens with two attached hydrogens (primary N) is 1. The van der Waals surface area contributed by atoms with E-state index < -0.39 is 5.91 Å². The third kappa shape index (κ3) is 4.40. The Labute approximate surface area is 149 Å². The van der Waals surface area contributed by atoms with E-state index in [9.17, 15) is 4.79 Å². The quantitative estimate of drug-likeness (QED) is 0.842. The van der Waals surface area contributed by atoms with E-state index in [4.69, 9.17) is 10.5 Å². The van der Waals surface area contributed by atoms with Gasteiger partial charge in [-0.05, 0) is 48.7 Å². The van der Waals surface area contributed by atoms with Gasteiger partial charge < -0.3 is 10.5 Å². The summed E-state index contributed by atoms with van der Waals surface area (Å²) in [6.07, 6.45) is 3.21. The standard InChI is InChI=1S/C21H26N2O2/c1-2-3-11-23(14-16-7-5-4-6-8-16)19-13-18-12-17(21(22)24)9-10-20(18)25-15-19/h4-10,12,19H,2-3,11,13-15H2,1H3,(H2,22,24)/t19-/m0/s1. The van der Waals surface area contributed by atoms with E-state index in [1.165, 1.54) is 12.0 Å². The summed E-state index contributed by atoms with van der Waals surface area (Å²) in [4.78, 5) is 14.0. The maximum atomic E-state index is 11.5. The minimum atomic E-state index is -0.392. The molecule has 2 aromatic rings. The molecule has 0 radical (unpaired) electrons. The number of primary amides is 1. The summed E-state index contributed by atoms with van der Waals surface area (Å²) >= 11 is 0. The van der Waals surface area contributed by atoms with Crippen LogP contribution in [0.5, 0.6) is 5.75 Å². The average Bonchev–Trinajstić information content (AvgIpc) is 2.65. The van der Waals surface area contributed by atoms with Gasteiger partial charge >= 0.3 is 0 Å². The molecular formula is C21H26N2O2. The molecule has 2 aromatic carbocycles. The smallest absolute Gasteiger partial charge is 0.248 e. The van der Waals surface area contributed by atoms with Crippen LogP contribution in [0.2, 0.25) is 0 Å². The van der Waals surface area contributed by atoms with Crippen LogP contribution >= 0.6 is 0 Å². The first-order chi connectivity index (χ1) is 12.2. The van der Waals surface area contributed by atoms with Crippen LogP contribution in [0.25, 0.3) is 0 Å². The molecule has 0 fully saturated rings. The van der Waals surface area contributed by atoms with Gasteiger partial charge in [-0.15, -0.1) is 0 Å². The molecule has 1 amide bonds. The van der Waals surface area contributed by atoms with Crippen LogP contribution < -0.4 is 10.5 Å². The second-order valence-corrected chi connectivity index (χ2v) is 6.67. The Kier molecular flexibility index (Phi) is 5.71. The fraction of sp³-hybridized carbons (Fsp3) is 0.381. The fourth-order valence-electron chi connectivity index (χ4n) is 3.34. The van der Waals surface area contributed by atoms with E-state index in [0.717, 1.165) is 37.2 Å². The van der Waals surface area contributed by atoms with Crippen molar-refractivity contribution in [2.24, 2.45) is 5.73 Å². The molecule has 0 unspecified atom stereocenters. The van der Waals surface area contributed by atoms with E-state index in [1.807, 2.05) is 18.2 Å². The second-order valence-electron chi connectivity index (χ2n) is 6.67. The van der Waals surface area contributed by atoms with E-state index >= 15 is 0 Å². The summed E-state index contributed by atoms with van der Waals surface area (Å²) < 4.78 is 5.98. The Morgan fingerprint density at radius 1 is 1.24 bits per heavy atom. The lowest BCUT2D eigenvalue weighted by atomic mass is 9.98. The van der Waals surface area contributed by atoms with Gasteiger partial charge in [0, 0.05) is 18.2 Å². The van der Waals surface area contributed by atoms with Crippen molar-refractivity contribution in [3.05, 3.63) is 65.2 Å². The van der Waals surface area contributed by atoms with Crippen LogP contribution in [0.4, 0.5) is 0 Å². The first-order valence-electron chi connectivity index (χ1n) is 9.01. The van der Waals surface area contributed by atoms with E-state index in [2.05, 4.69) is 36.1 Å². The first kappa shape index (κ1) is 17.5. The number of carbonyl (C=O) groups excluding carboxylic acids is 1. The largest absolute Gasteiger partial charge is 0.492 e. The summed E-state index contributed by atoms with van der Waals surface area (Å²) in [5.74, 6) is 0.480. The third-order valence-corrected chi connectivity index (χ3v) is 4.78. The molecule has 0 bridgehead atoms. The number of rotatable bonds is 7. The molecule has 4 heteroatoms. The van der Waals surface area contributed by atoms with Gasteiger partial charge in [0.25, 0.3) is 0 Å². The Morgan fingerprint density at radius 3 is 2.76 bits per heavy atom. The average molecular weight is 338 g/mol. The molecule has 1 heterocycles. The third-order valence-electron chi connectivity index (χ3n) is 4.78. The Morgan fingerprint density at radius 2 is 2.04 bits per heavy atom. The molecule has 1 atom stereocenters. The van der Waals surface area contributed by atoms with Crippen LogP contribution in [-0.2, 0) is 13.0 Å². The summed E-state index contributed by atoms with van der Waals surface area (Å²) in [7, 11) is 0. The molecule has 1 aliphatic rings. The van der Waals surface area contributed by atoms with Crippen LogP contribution in [0.3, 0.4) is 0 Å². The zero-order valence-corrected chi connectivity index (χ0v) is 14.8. The van der Waals surface area contributed by atoms with Gasteiger partial charge in [0.1, 0.15) is 12.4 Å². The second kappa shape index (κ2) is 8.17. The summed E-state index contributed by atoms with van der Waals surface area (Å²) in [6, 6.07) is 16.3. The highest BCUT2D eigenvalue weighted by atomic mass is 16.5. The van der Waals surface area contributed by atoms with Gasteiger partial charge in [0.05, 0.1) is 0 Å². The van der Waals surface area contributed by atoms with Crippen LogP contribution in [0.15, 0.2) is 48.5 Å². The van der Waals surface area contributed by atoms with Crippen molar-refractivity contribution in [2.45, 2.75) is 38.8 Å². The molecule has 1 aliphatic heterocycles. The zero-order valence-electron chi connectivity index (χ0n) is 14.8. The van der Waals surface area contributed by atoms with Crippen LogP contribution in [-0.4, -0.2) is 30.0 Å². The van der Waals surface area contributed by atoms with Gasteiger partial charge in [-0.25, -0.2) is 0 Å². The van der Waals surface area contributed by atoms with E-state index in [1.54, 1.807) is 6.07 Å². The predicted octanol–water partition coefficient (Wildman–Crippen LogP) is 3.39. The molecule has 2 N–H and O–H groups in total. The molecule has 0 aromatic heterocycles.